The highest BCUT2D eigenvalue weighted by Gasteiger charge is 2.28. The quantitative estimate of drug-likeness (QED) is 0.627. The lowest BCUT2D eigenvalue weighted by Gasteiger charge is -2.07. The number of aryl methyl sites for hydroxylation is 1. The zero-order valence-electron chi connectivity index (χ0n) is 9.10. The van der Waals surface area contributed by atoms with Crippen LogP contribution in [0.2, 0.25) is 0 Å². The van der Waals surface area contributed by atoms with Gasteiger partial charge in [-0.1, -0.05) is 0 Å². The number of nitrogens with one attached hydrogen (secondary N) is 1. The molecule has 0 unspecified atom stereocenters. The molecule has 0 radical (unpaired) electrons. The van der Waals surface area contributed by atoms with E-state index in [1.54, 1.807) is 13.8 Å². The van der Waals surface area contributed by atoms with Gasteiger partial charge in [0, 0.05) is 18.7 Å². The number of nitro benzene ring substituents is 2. The van der Waals surface area contributed by atoms with E-state index in [0.29, 0.717) is 11.1 Å². The highest BCUT2D eigenvalue weighted by Crippen LogP contribution is 2.38. The molecule has 1 rings (SSSR count). The maximum Gasteiger partial charge on any atom is 0.302 e. The molecule has 0 aliphatic heterocycles. The highest BCUT2D eigenvalue weighted by molar-refractivity contribution is 5.77. The predicted octanol–water partition coefficient (Wildman–Crippen LogP) is 2.16. The number of nitro groups is 2. The summed E-state index contributed by atoms with van der Waals surface area (Å²) in [5.74, 6) is 0. The second kappa shape index (κ2) is 4.13. The molecule has 0 aliphatic rings. The Kier molecular flexibility index (Phi) is 3.07. The van der Waals surface area contributed by atoms with Crippen LogP contribution in [0.5, 0.6) is 0 Å². The lowest BCUT2D eigenvalue weighted by atomic mass is 10.0. The summed E-state index contributed by atoms with van der Waals surface area (Å²) < 4.78 is 0. The molecule has 86 valence electrons. The standard InChI is InChI=1S/C9H11N3O4/c1-5-4-7(11(13)14)8(10-3)9(6(5)2)12(15)16/h4,10H,1-3H3. The maximum absolute atomic E-state index is 10.9. The first-order valence-corrected chi connectivity index (χ1v) is 4.50. The average molecular weight is 225 g/mol. The van der Waals surface area contributed by atoms with Crippen LogP contribution >= 0.6 is 0 Å². The second-order valence-corrected chi connectivity index (χ2v) is 3.33. The van der Waals surface area contributed by atoms with Crippen molar-refractivity contribution in [3.05, 3.63) is 37.4 Å². The Hall–Kier alpha value is -2.18. The van der Waals surface area contributed by atoms with Gasteiger partial charge in [-0.15, -0.1) is 0 Å². The fourth-order valence-corrected chi connectivity index (χ4v) is 1.50. The number of benzene rings is 1. The van der Waals surface area contributed by atoms with Gasteiger partial charge in [0.25, 0.3) is 5.69 Å². The largest absolute Gasteiger partial charge is 0.377 e. The molecule has 0 saturated heterocycles. The van der Waals surface area contributed by atoms with Crippen molar-refractivity contribution in [2.24, 2.45) is 0 Å². The number of hydrogen-bond acceptors (Lipinski definition) is 5. The number of hydrogen-bond donors (Lipinski definition) is 1. The Morgan fingerprint density at radius 3 is 2.12 bits per heavy atom. The van der Waals surface area contributed by atoms with Crippen LogP contribution in [0.1, 0.15) is 11.1 Å². The van der Waals surface area contributed by atoms with Gasteiger partial charge < -0.3 is 5.32 Å². The van der Waals surface area contributed by atoms with Gasteiger partial charge in [0.1, 0.15) is 0 Å². The predicted molar refractivity (Wildman–Crippen MR) is 58.8 cm³/mol. The normalized spacial score (nSPS) is 9.94. The fraction of sp³-hybridized carbons (Fsp3) is 0.333. The SMILES string of the molecule is CNc1c([N+](=O)[O-])cc(C)c(C)c1[N+](=O)[O-]. The molecule has 0 saturated carbocycles. The Bertz CT molecular complexity index is 470. The topological polar surface area (TPSA) is 98.3 Å². The van der Waals surface area contributed by atoms with Crippen molar-refractivity contribution in [2.75, 3.05) is 12.4 Å². The second-order valence-electron chi connectivity index (χ2n) is 3.33. The molecule has 7 heteroatoms. The van der Waals surface area contributed by atoms with E-state index in [-0.39, 0.29) is 17.1 Å². The van der Waals surface area contributed by atoms with Gasteiger partial charge in [-0.2, -0.15) is 0 Å². The zero-order chi connectivity index (χ0) is 12.5. The molecule has 1 aromatic carbocycles. The van der Waals surface area contributed by atoms with Crippen molar-refractivity contribution in [3.8, 4) is 0 Å². The fourth-order valence-electron chi connectivity index (χ4n) is 1.50. The van der Waals surface area contributed by atoms with Crippen molar-refractivity contribution in [1.29, 1.82) is 0 Å². The third-order valence-corrected chi connectivity index (χ3v) is 2.42. The minimum absolute atomic E-state index is 0.0573. The van der Waals surface area contributed by atoms with Crippen LogP contribution in [-0.2, 0) is 0 Å². The minimum atomic E-state index is -0.634. The van der Waals surface area contributed by atoms with Crippen molar-refractivity contribution in [1.82, 2.24) is 0 Å². The molecule has 1 aromatic rings. The summed E-state index contributed by atoms with van der Waals surface area (Å²) in [5, 5.41) is 24.1. The summed E-state index contributed by atoms with van der Waals surface area (Å²) in [6, 6.07) is 1.33. The van der Waals surface area contributed by atoms with E-state index >= 15 is 0 Å². The molecular weight excluding hydrogens is 214 g/mol. The van der Waals surface area contributed by atoms with E-state index in [1.807, 2.05) is 0 Å². The van der Waals surface area contributed by atoms with Crippen molar-refractivity contribution >= 4 is 17.1 Å². The van der Waals surface area contributed by atoms with Crippen LogP contribution in [-0.4, -0.2) is 16.9 Å². The summed E-state index contributed by atoms with van der Waals surface area (Å²) in [5.41, 5.74) is 0.377. The summed E-state index contributed by atoms with van der Waals surface area (Å²) in [7, 11) is 1.42. The van der Waals surface area contributed by atoms with E-state index < -0.39 is 9.85 Å². The first-order chi connectivity index (χ1) is 7.40. The van der Waals surface area contributed by atoms with Gasteiger partial charge >= 0.3 is 5.69 Å². The zero-order valence-corrected chi connectivity index (χ0v) is 9.10. The summed E-state index contributed by atoms with van der Waals surface area (Å²) >= 11 is 0. The van der Waals surface area contributed by atoms with Crippen molar-refractivity contribution in [2.45, 2.75) is 13.8 Å². The third-order valence-electron chi connectivity index (χ3n) is 2.42. The lowest BCUT2D eigenvalue weighted by Crippen LogP contribution is -2.04. The number of nitrogens with zero attached hydrogens (tertiary/aromatic N) is 2. The van der Waals surface area contributed by atoms with Crippen LogP contribution in [0.4, 0.5) is 17.1 Å². The van der Waals surface area contributed by atoms with Crippen LogP contribution < -0.4 is 5.32 Å². The van der Waals surface area contributed by atoms with Gasteiger partial charge in [-0.25, -0.2) is 0 Å². The molecule has 1 N–H and O–H groups in total. The molecule has 7 nitrogen and oxygen atoms in total. The van der Waals surface area contributed by atoms with Crippen LogP contribution in [0.3, 0.4) is 0 Å². The monoisotopic (exact) mass is 225 g/mol. The Labute approximate surface area is 91.4 Å². The number of rotatable bonds is 3. The maximum atomic E-state index is 10.9. The molecule has 0 aliphatic carbocycles. The molecule has 16 heavy (non-hydrogen) atoms. The first-order valence-electron chi connectivity index (χ1n) is 4.50. The van der Waals surface area contributed by atoms with E-state index in [9.17, 15) is 20.2 Å². The molecule has 0 spiro atoms. The summed E-state index contributed by atoms with van der Waals surface area (Å²) in [6.07, 6.45) is 0. The van der Waals surface area contributed by atoms with Crippen LogP contribution in [0.25, 0.3) is 0 Å². The molecular formula is C9H11N3O4. The molecule has 0 bridgehead atoms. The molecule has 0 aromatic heterocycles. The molecule has 0 amide bonds. The van der Waals surface area contributed by atoms with Crippen molar-refractivity contribution < 1.29 is 9.85 Å². The lowest BCUT2D eigenvalue weighted by molar-refractivity contribution is -0.392. The highest BCUT2D eigenvalue weighted by atomic mass is 16.6. The van der Waals surface area contributed by atoms with Gasteiger partial charge in [0.2, 0.25) is 0 Å². The van der Waals surface area contributed by atoms with Gasteiger partial charge in [0.05, 0.1) is 9.85 Å². The van der Waals surface area contributed by atoms with Gasteiger partial charge in [-0.3, -0.25) is 20.2 Å². The summed E-state index contributed by atoms with van der Waals surface area (Å²) in [4.78, 5) is 20.4. The minimum Gasteiger partial charge on any atom is -0.377 e. The Morgan fingerprint density at radius 2 is 1.75 bits per heavy atom. The Balaban J connectivity index is 3.68. The van der Waals surface area contributed by atoms with Gasteiger partial charge in [-0.05, 0) is 19.4 Å². The molecule has 0 atom stereocenters. The van der Waals surface area contributed by atoms with E-state index in [0.717, 1.165) is 0 Å². The van der Waals surface area contributed by atoms with Crippen molar-refractivity contribution in [3.63, 3.8) is 0 Å². The van der Waals surface area contributed by atoms with E-state index in [1.165, 1.54) is 13.1 Å². The molecule has 0 heterocycles. The van der Waals surface area contributed by atoms with Crippen LogP contribution in [0, 0.1) is 34.1 Å². The third kappa shape index (κ3) is 1.79. The average Bonchev–Trinajstić information content (AvgIpc) is 2.20. The van der Waals surface area contributed by atoms with E-state index in [2.05, 4.69) is 5.32 Å². The molecule has 0 fully saturated rings. The number of anilines is 1. The Morgan fingerprint density at radius 1 is 1.19 bits per heavy atom. The first kappa shape index (κ1) is 11.9. The van der Waals surface area contributed by atoms with Crippen LogP contribution in [0.15, 0.2) is 6.07 Å². The van der Waals surface area contributed by atoms with E-state index in [4.69, 9.17) is 0 Å². The van der Waals surface area contributed by atoms with Gasteiger partial charge in [0.15, 0.2) is 5.69 Å². The smallest absolute Gasteiger partial charge is 0.302 e. The summed E-state index contributed by atoms with van der Waals surface area (Å²) in [6.45, 7) is 3.17.